The van der Waals surface area contributed by atoms with E-state index in [4.69, 9.17) is 16.3 Å². The van der Waals surface area contributed by atoms with Crippen molar-refractivity contribution >= 4 is 60.8 Å². The van der Waals surface area contributed by atoms with E-state index < -0.39 is 29.4 Å². The molecule has 0 saturated carbocycles. The van der Waals surface area contributed by atoms with Gasteiger partial charge in [-0.05, 0) is 37.1 Å². The van der Waals surface area contributed by atoms with Crippen LogP contribution in [0.15, 0.2) is 18.2 Å². The number of nitrogens with zero attached hydrogens (tertiary/aromatic N) is 4. The summed E-state index contributed by atoms with van der Waals surface area (Å²) in [6.45, 7) is 1.00. The molecule has 0 unspecified atom stereocenters. The van der Waals surface area contributed by atoms with Crippen molar-refractivity contribution in [1.82, 2.24) is 14.9 Å². The van der Waals surface area contributed by atoms with Gasteiger partial charge in [0.15, 0.2) is 5.82 Å². The van der Waals surface area contributed by atoms with Crippen LogP contribution in [0, 0.1) is 23.0 Å². The summed E-state index contributed by atoms with van der Waals surface area (Å²) in [5.74, 6) is -1.50. The number of hydrogen-bond donors (Lipinski definition) is 4. The van der Waals surface area contributed by atoms with Crippen molar-refractivity contribution in [3.63, 3.8) is 0 Å². The van der Waals surface area contributed by atoms with Gasteiger partial charge in [0, 0.05) is 35.8 Å². The second-order valence-corrected chi connectivity index (χ2v) is 11.9. The molecule has 0 radical (unpaired) electrons. The number of carbonyl (C=O) groups is 1. The molecule has 4 heterocycles. The van der Waals surface area contributed by atoms with E-state index in [1.54, 1.807) is 0 Å². The van der Waals surface area contributed by atoms with Gasteiger partial charge in [-0.1, -0.05) is 17.7 Å². The molecule has 0 aliphatic carbocycles. The number of halogens is 4. The van der Waals surface area contributed by atoms with E-state index in [9.17, 15) is 29.1 Å². The van der Waals surface area contributed by atoms with Gasteiger partial charge in [0.05, 0.1) is 27.4 Å². The minimum Gasteiger partial charge on any atom is -0.465 e. The number of ether oxygens (including phenoxy) is 1. The molecule has 224 valence electrons. The standard InChI is InChI=1S/C28H24ClF3N6O4S/c29-17-8-15-22(21(32)20(17)14-2-3-18(31)23-19(14)16(10-33)25(43-23)37-27(40)41)35-26(36-24(15)34-5-7-39)42-12-28-4-1-6-38(28)11-13(30)9-28/h2-3,8,13,37,39H,1,4-7,9,11-12H2,(H,40,41)(H,34,35,36)/t13-,28+/m1/s1. The molecule has 0 bridgehead atoms. The molecule has 10 nitrogen and oxygen atoms in total. The van der Waals surface area contributed by atoms with E-state index in [1.807, 2.05) is 6.07 Å². The lowest BCUT2D eigenvalue weighted by Gasteiger charge is -2.30. The molecule has 2 atom stereocenters. The van der Waals surface area contributed by atoms with Crippen LogP contribution in [0.3, 0.4) is 0 Å². The Kier molecular flexibility index (Phi) is 7.67. The summed E-state index contributed by atoms with van der Waals surface area (Å²) < 4.78 is 51.6. The van der Waals surface area contributed by atoms with E-state index in [0.717, 1.165) is 25.5 Å². The van der Waals surface area contributed by atoms with Gasteiger partial charge in [0.2, 0.25) is 0 Å². The van der Waals surface area contributed by atoms with Crippen molar-refractivity contribution in [2.24, 2.45) is 0 Å². The highest BCUT2D eigenvalue weighted by molar-refractivity contribution is 7.23. The number of rotatable bonds is 8. The van der Waals surface area contributed by atoms with Gasteiger partial charge < -0.3 is 20.3 Å². The predicted molar refractivity (Wildman–Crippen MR) is 156 cm³/mol. The molecule has 2 aromatic heterocycles. The smallest absolute Gasteiger partial charge is 0.409 e. The van der Waals surface area contributed by atoms with Crippen LogP contribution in [0.4, 0.5) is 28.8 Å². The summed E-state index contributed by atoms with van der Waals surface area (Å²) in [6, 6.07) is 5.46. The zero-order chi connectivity index (χ0) is 30.5. The third kappa shape index (κ3) is 5.06. The topological polar surface area (TPSA) is 144 Å². The Morgan fingerprint density at radius 1 is 1.35 bits per heavy atom. The van der Waals surface area contributed by atoms with E-state index in [-0.39, 0.29) is 79.3 Å². The minimum atomic E-state index is -1.45. The molecule has 2 aliphatic heterocycles. The molecule has 4 aromatic rings. The largest absolute Gasteiger partial charge is 0.465 e. The van der Waals surface area contributed by atoms with Crippen molar-refractivity contribution < 1.29 is 32.9 Å². The monoisotopic (exact) mass is 632 g/mol. The number of hydrogen-bond acceptors (Lipinski definition) is 9. The first-order valence-corrected chi connectivity index (χ1v) is 14.6. The molecule has 2 saturated heterocycles. The molecule has 4 N–H and O–H groups in total. The van der Waals surface area contributed by atoms with Crippen LogP contribution in [-0.4, -0.2) is 75.7 Å². The molecule has 0 spiro atoms. The summed E-state index contributed by atoms with van der Waals surface area (Å²) >= 11 is 7.31. The van der Waals surface area contributed by atoms with E-state index in [1.165, 1.54) is 12.1 Å². The van der Waals surface area contributed by atoms with Crippen molar-refractivity contribution in [3.8, 4) is 23.2 Å². The molecule has 1 amide bonds. The molecular weight excluding hydrogens is 609 g/mol. The SMILES string of the molecule is N#Cc1c(NC(=O)O)sc2c(F)ccc(-c3c(Cl)cc4c(NCCO)nc(OC[C@@]56CCCN5C[C@H](F)C6)nc4c3F)c12. The molecular formula is C28H24ClF3N6O4S. The van der Waals surface area contributed by atoms with Crippen LogP contribution in [0.2, 0.25) is 5.02 Å². The summed E-state index contributed by atoms with van der Waals surface area (Å²) in [6.07, 6.45) is -0.471. The highest BCUT2D eigenvalue weighted by Gasteiger charge is 2.49. The lowest BCUT2D eigenvalue weighted by molar-refractivity contribution is 0.107. The van der Waals surface area contributed by atoms with Gasteiger partial charge in [0.25, 0.3) is 0 Å². The number of nitriles is 1. The fraction of sp³-hybridized carbons (Fsp3) is 0.357. The number of aliphatic hydroxyl groups is 1. The van der Waals surface area contributed by atoms with Crippen LogP contribution >= 0.6 is 22.9 Å². The van der Waals surface area contributed by atoms with E-state index in [2.05, 4.69) is 25.5 Å². The molecule has 6 rings (SSSR count). The number of anilines is 2. The summed E-state index contributed by atoms with van der Waals surface area (Å²) in [7, 11) is 0. The summed E-state index contributed by atoms with van der Waals surface area (Å²) in [5, 5.41) is 33.4. The van der Waals surface area contributed by atoms with Crippen LogP contribution in [0.1, 0.15) is 24.8 Å². The number of alkyl halides is 1. The first-order valence-electron chi connectivity index (χ1n) is 13.4. The predicted octanol–water partition coefficient (Wildman–Crippen LogP) is 5.76. The zero-order valence-corrected chi connectivity index (χ0v) is 24.0. The molecule has 43 heavy (non-hydrogen) atoms. The Morgan fingerprint density at radius 3 is 2.91 bits per heavy atom. The average molecular weight is 633 g/mol. The highest BCUT2D eigenvalue weighted by atomic mass is 35.5. The number of thiophene rings is 1. The number of aromatic nitrogens is 2. The van der Waals surface area contributed by atoms with Gasteiger partial charge in [0.1, 0.15) is 41.0 Å². The average Bonchev–Trinajstić information content (AvgIpc) is 3.62. The van der Waals surface area contributed by atoms with Crippen LogP contribution in [0.5, 0.6) is 6.01 Å². The fourth-order valence-electron chi connectivity index (χ4n) is 6.12. The van der Waals surface area contributed by atoms with Gasteiger partial charge in [-0.3, -0.25) is 10.2 Å². The zero-order valence-electron chi connectivity index (χ0n) is 22.4. The van der Waals surface area contributed by atoms with E-state index in [0.29, 0.717) is 24.3 Å². The number of carboxylic acid groups (broad SMARTS) is 1. The Bertz CT molecular complexity index is 1820. The maximum Gasteiger partial charge on any atom is 0.409 e. The molecule has 2 fully saturated rings. The van der Waals surface area contributed by atoms with Gasteiger partial charge in [-0.25, -0.2) is 18.0 Å². The van der Waals surface area contributed by atoms with Gasteiger partial charge in [-0.15, -0.1) is 11.3 Å². The third-order valence-electron chi connectivity index (χ3n) is 7.89. The third-order valence-corrected chi connectivity index (χ3v) is 9.30. The Morgan fingerprint density at radius 2 is 2.16 bits per heavy atom. The Balaban J connectivity index is 1.50. The van der Waals surface area contributed by atoms with Crippen molar-refractivity contribution in [3.05, 3.63) is 40.4 Å². The number of benzene rings is 2. The van der Waals surface area contributed by atoms with Crippen molar-refractivity contribution in [2.45, 2.75) is 31.0 Å². The molecule has 15 heteroatoms. The van der Waals surface area contributed by atoms with Crippen LogP contribution in [-0.2, 0) is 0 Å². The number of amides is 1. The van der Waals surface area contributed by atoms with Gasteiger partial charge in [-0.2, -0.15) is 15.2 Å². The number of nitrogens with one attached hydrogen (secondary N) is 2. The van der Waals surface area contributed by atoms with Crippen LogP contribution in [0.25, 0.3) is 32.1 Å². The normalized spacial score (nSPS) is 20.0. The summed E-state index contributed by atoms with van der Waals surface area (Å²) in [4.78, 5) is 22.1. The Hall–Kier alpha value is -3.90. The molecule has 2 aliphatic rings. The quantitative estimate of drug-likeness (QED) is 0.190. The first-order chi connectivity index (χ1) is 20.7. The Labute approximate surface area is 251 Å². The van der Waals surface area contributed by atoms with Gasteiger partial charge >= 0.3 is 12.1 Å². The highest BCUT2D eigenvalue weighted by Crippen LogP contribution is 2.46. The number of aliphatic hydroxyl groups excluding tert-OH is 1. The lowest BCUT2D eigenvalue weighted by atomic mass is 9.95. The van der Waals surface area contributed by atoms with E-state index >= 15 is 4.39 Å². The second-order valence-electron chi connectivity index (χ2n) is 10.5. The molecule has 2 aromatic carbocycles. The second kappa shape index (κ2) is 11.3. The minimum absolute atomic E-state index is 0.0111. The van der Waals surface area contributed by atoms with Crippen molar-refractivity contribution in [2.75, 3.05) is 43.5 Å². The summed E-state index contributed by atoms with van der Waals surface area (Å²) in [5.41, 5.74) is -1.03. The van der Waals surface area contributed by atoms with Crippen molar-refractivity contribution in [1.29, 1.82) is 5.26 Å². The lowest BCUT2D eigenvalue weighted by Crippen LogP contribution is -2.43. The fourth-order valence-corrected chi connectivity index (χ4v) is 7.48. The maximum atomic E-state index is 16.5. The first kappa shape index (κ1) is 29.2. The van der Waals surface area contributed by atoms with Crippen LogP contribution < -0.4 is 15.4 Å². The number of fused-ring (bicyclic) bond motifs is 3. The maximum absolute atomic E-state index is 16.5.